The van der Waals surface area contributed by atoms with E-state index in [4.69, 9.17) is 21.7 Å². The number of carbonyl (C=O) groups is 1. The van der Waals surface area contributed by atoms with Crippen molar-refractivity contribution in [3.05, 3.63) is 76.9 Å². The van der Waals surface area contributed by atoms with Crippen LogP contribution in [0.5, 0.6) is 23.0 Å². The number of fused-ring (bicyclic) bond motifs is 6. The average molecular weight is 586 g/mol. The first-order valence-electron chi connectivity index (χ1n) is 10.5. The van der Waals surface area contributed by atoms with Crippen LogP contribution in [0.1, 0.15) is 27.0 Å². The first kappa shape index (κ1) is 28.9. The quantitative estimate of drug-likeness (QED) is 0.0786. The molecule has 0 amide bonds. The summed E-state index contributed by atoms with van der Waals surface area (Å²) in [7, 11) is -8.68. The molecule has 2 aliphatic rings. The monoisotopic (exact) mass is 586 g/mol. The summed E-state index contributed by atoms with van der Waals surface area (Å²) >= 11 is 5.02. The molecule has 3 atom stereocenters. The van der Waals surface area contributed by atoms with Crippen LogP contribution < -0.4 is 59.8 Å². The molecule has 12 nitrogen and oxygen atoms in total. The SMILES string of the molecule is O=C1OC2(c3ccc([O-])cc3Oc3cc(O)ccc32)c2ccc(NC(=S)NC([PH+]([O-])O)[P+]([O-])(O)O)cc21.[Na+]. The van der Waals surface area contributed by atoms with Crippen LogP contribution in [0.15, 0.2) is 54.6 Å². The van der Waals surface area contributed by atoms with Crippen molar-refractivity contribution < 1.29 is 78.5 Å². The molecule has 1 spiro atoms. The maximum atomic E-state index is 13.1. The van der Waals surface area contributed by atoms with E-state index in [0.29, 0.717) is 16.7 Å². The largest absolute Gasteiger partial charge is 1.00 e. The summed E-state index contributed by atoms with van der Waals surface area (Å²) in [6.45, 7) is 0. The molecule has 2 heterocycles. The molecule has 38 heavy (non-hydrogen) atoms. The predicted molar refractivity (Wildman–Crippen MR) is 131 cm³/mol. The topological polar surface area (TPSA) is 210 Å². The number of thiocarbonyl (C=S) groups is 1. The van der Waals surface area contributed by atoms with Gasteiger partial charge in [-0.3, -0.25) is 10.2 Å². The molecule has 0 aliphatic carbocycles. The first-order valence-corrected chi connectivity index (χ1v) is 14.0. The van der Waals surface area contributed by atoms with E-state index in [0.717, 1.165) is 0 Å². The van der Waals surface area contributed by atoms with Gasteiger partial charge in [0.2, 0.25) is 0 Å². The van der Waals surface area contributed by atoms with Crippen LogP contribution in [0.4, 0.5) is 5.69 Å². The average Bonchev–Trinajstić information content (AvgIpc) is 3.08. The van der Waals surface area contributed by atoms with Gasteiger partial charge in [0.25, 0.3) is 7.94 Å². The Morgan fingerprint density at radius 2 is 1.68 bits per heavy atom. The zero-order valence-electron chi connectivity index (χ0n) is 19.4. The second-order valence-electron chi connectivity index (χ2n) is 8.20. The minimum atomic E-state index is -4.99. The number of phenolic OH excluding ortho intramolecular Hbond substituents is 1. The molecule has 0 saturated heterocycles. The van der Waals surface area contributed by atoms with Crippen molar-refractivity contribution in [2.24, 2.45) is 0 Å². The van der Waals surface area contributed by atoms with Gasteiger partial charge in [-0.15, -0.1) is 5.75 Å². The van der Waals surface area contributed by atoms with Gasteiger partial charge in [-0.05, 0) is 42.5 Å². The zero-order chi connectivity index (χ0) is 26.7. The van der Waals surface area contributed by atoms with E-state index in [-0.39, 0.29) is 68.9 Å². The van der Waals surface area contributed by atoms with Gasteiger partial charge >= 0.3 is 41.1 Å². The van der Waals surface area contributed by atoms with Crippen molar-refractivity contribution in [3.8, 4) is 23.0 Å². The molecule has 3 unspecified atom stereocenters. The third-order valence-electron chi connectivity index (χ3n) is 5.86. The maximum absolute atomic E-state index is 13.1. The number of anilines is 1. The van der Waals surface area contributed by atoms with Gasteiger partial charge in [-0.25, -0.2) is 14.6 Å². The van der Waals surface area contributed by atoms with Gasteiger partial charge in [-0.1, -0.05) is 18.2 Å². The zero-order valence-corrected chi connectivity index (χ0v) is 24.1. The minimum Gasteiger partial charge on any atom is -0.872 e. The van der Waals surface area contributed by atoms with Gasteiger partial charge in [0, 0.05) is 28.4 Å². The number of hydrogen-bond donors (Lipinski definition) is 6. The van der Waals surface area contributed by atoms with Crippen molar-refractivity contribution in [2.75, 3.05) is 5.32 Å². The molecule has 0 aromatic heterocycles. The number of aromatic hydroxyl groups is 1. The number of hydrogen-bond acceptors (Lipinski definition) is 11. The van der Waals surface area contributed by atoms with Gasteiger partial charge in [0.1, 0.15) is 17.2 Å². The van der Waals surface area contributed by atoms with Gasteiger partial charge in [0.15, 0.2) is 19.1 Å². The van der Waals surface area contributed by atoms with Gasteiger partial charge in [-0.2, -0.15) is 0 Å². The summed E-state index contributed by atoms with van der Waals surface area (Å²) in [4.78, 5) is 63.8. The number of rotatable bonds is 4. The summed E-state index contributed by atoms with van der Waals surface area (Å²) < 4.78 is 11.8. The Hall–Kier alpha value is -2.12. The minimum absolute atomic E-state index is 0. The Bertz CT molecular complexity index is 1400. The Morgan fingerprint density at radius 1 is 1.05 bits per heavy atom. The van der Waals surface area contributed by atoms with E-state index in [2.05, 4.69) is 10.6 Å². The summed E-state index contributed by atoms with van der Waals surface area (Å²) in [6.07, 6.45) is 0. The Labute approximate surface area is 244 Å². The second-order valence-corrected chi connectivity index (χ2v) is 12.0. The van der Waals surface area contributed by atoms with Crippen molar-refractivity contribution in [1.82, 2.24) is 5.32 Å². The van der Waals surface area contributed by atoms with Crippen molar-refractivity contribution in [3.63, 3.8) is 0 Å². The summed E-state index contributed by atoms with van der Waals surface area (Å²) in [5.41, 5.74) is -2.01. The molecule has 2 aliphatic heterocycles. The Morgan fingerprint density at radius 3 is 2.34 bits per heavy atom. The van der Waals surface area contributed by atoms with Crippen molar-refractivity contribution in [1.29, 1.82) is 0 Å². The van der Waals surface area contributed by atoms with Crippen molar-refractivity contribution >= 4 is 45.3 Å². The Balaban J connectivity index is 0.00000336. The molecule has 0 fully saturated rings. The smallest absolute Gasteiger partial charge is 0.872 e. The number of benzene rings is 3. The van der Waals surface area contributed by atoms with E-state index < -0.39 is 33.4 Å². The molecular weight excluding hydrogens is 569 g/mol. The predicted octanol–water partition coefficient (Wildman–Crippen LogP) is -2.89. The standard InChI is InChI=1S/C22H18N2O10P2S.Na/c25-11-2-5-15-17(8-11)33-18-9-12(26)3-6-16(18)22(15)14-4-1-10(7-13(14)19(27)34-22)23-20(37)24-21(35(28)29)36(30,31)32;/h1-9,21,25-26,28,35H,(H2,23,24,37)(H2,30,31,32);/q;+1/p-1. The van der Waals surface area contributed by atoms with Crippen molar-refractivity contribution in [2.45, 2.75) is 11.1 Å². The molecule has 16 heteroatoms. The molecule has 0 saturated carbocycles. The fourth-order valence-electron chi connectivity index (χ4n) is 4.36. The van der Waals surface area contributed by atoms with Crippen LogP contribution in [0.25, 0.3) is 0 Å². The van der Waals surface area contributed by atoms with Crippen LogP contribution in [-0.4, -0.2) is 36.4 Å². The third-order valence-corrected chi connectivity index (χ3v) is 9.16. The number of nitrogens with one attached hydrogen (secondary N) is 2. The van der Waals surface area contributed by atoms with Crippen LogP contribution in [0.3, 0.4) is 0 Å². The normalized spacial score (nSPS) is 18.6. The maximum Gasteiger partial charge on any atom is 1.00 e. The first-order chi connectivity index (χ1) is 17.4. The van der Waals surface area contributed by atoms with E-state index in [1.807, 2.05) is 0 Å². The number of esters is 1. The molecule has 3 aromatic carbocycles. The van der Waals surface area contributed by atoms with Gasteiger partial charge in [0.05, 0.1) is 5.56 Å². The van der Waals surface area contributed by atoms with Crippen LogP contribution in [0, 0.1) is 0 Å². The molecule has 0 radical (unpaired) electrons. The molecular formula is C22H17N2NaO10P2S. The summed E-state index contributed by atoms with van der Waals surface area (Å²) in [5.74, 6) is -0.805. The number of ether oxygens (including phenoxy) is 2. The van der Waals surface area contributed by atoms with E-state index in [1.54, 1.807) is 12.1 Å². The number of phenols is 1. The van der Waals surface area contributed by atoms with E-state index in [1.165, 1.54) is 42.5 Å². The molecule has 6 N–H and O–H groups in total. The van der Waals surface area contributed by atoms with Crippen LogP contribution in [-0.2, 0) is 10.3 Å². The fraction of sp³-hybridized carbons (Fsp3) is 0.0909. The Kier molecular flexibility index (Phi) is 7.95. The molecule has 0 bridgehead atoms. The summed E-state index contributed by atoms with van der Waals surface area (Å²) in [5, 5.41) is 26.4. The van der Waals surface area contributed by atoms with Crippen LogP contribution in [0.2, 0.25) is 0 Å². The second kappa shape index (κ2) is 10.5. The van der Waals surface area contributed by atoms with Gasteiger partial charge < -0.3 is 34.8 Å². The summed E-state index contributed by atoms with van der Waals surface area (Å²) in [6, 6.07) is 12.8. The third kappa shape index (κ3) is 4.97. The number of carbonyl (C=O) groups excluding carboxylic acids is 1. The molecule has 5 rings (SSSR count). The van der Waals surface area contributed by atoms with E-state index >= 15 is 0 Å². The fourth-order valence-corrected chi connectivity index (χ4v) is 6.50. The van der Waals surface area contributed by atoms with E-state index in [9.17, 15) is 39.5 Å². The van der Waals surface area contributed by atoms with Crippen LogP contribution >= 0.6 is 28.5 Å². The molecule has 192 valence electrons. The molecule has 3 aromatic rings.